The number of nitrogens with two attached hydrogens (primary N) is 1. The Balaban J connectivity index is 0. The van der Waals surface area contributed by atoms with E-state index in [4.69, 9.17) is 5.73 Å². The standard InChI is InChI=1S/C12H27NS.ClH/c13-11-9-7-5-3-1-2-4-6-8-10-12-14;/h14H,1-13H2;1H. The molecule has 0 aromatic rings. The molecule has 0 heterocycles. The van der Waals surface area contributed by atoms with Crippen LogP contribution in [0.25, 0.3) is 0 Å². The summed E-state index contributed by atoms with van der Waals surface area (Å²) in [4.78, 5) is 0. The van der Waals surface area contributed by atoms with Crippen LogP contribution in [0.15, 0.2) is 0 Å². The molecule has 0 spiro atoms. The van der Waals surface area contributed by atoms with Gasteiger partial charge < -0.3 is 5.73 Å². The van der Waals surface area contributed by atoms with Gasteiger partial charge in [-0.2, -0.15) is 12.6 Å². The van der Waals surface area contributed by atoms with Crippen molar-refractivity contribution in [3.63, 3.8) is 0 Å². The summed E-state index contributed by atoms with van der Waals surface area (Å²) in [6.07, 6.45) is 13.7. The van der Waals surface area contributed by atoms with E-state index >= 15 is 0 Å². The minimum atomic E-state index is 0. The molecule has 0 bridgehead atoms. The van der Waals surface area contributed by atoms with Crippen molar-refractivity contribution in [1.29, 1.82) is 0 Å². The summed E-state index contributed by atoms with van der Waals surface area (Å²) in [5.41, 5.74) is 5.43. The molecule has 0 saturated heterocycles. The molecule has 0 amide bonds. The van der Waals surface area contributed by atoms with Crippen molar-refractivity contribution in [3.05, 3.63) is 0 Å². The van der Waals surface area contributed by atoms with Gasteiger partial charge in [-0.1, -0.05) is 51.4 Å². The van der Waals surface area contributed by atoms with E-state index in [0.29, 0.717) is 0 Å². The smallest absolute Gasteiger partial charge is 0.00773 e. The monoisotopic (exact) mass is 253 g/mol. The minimum absolute atomic E-state index is 0. The van der Waals surface area contributed by atoms with Crippen LogP contribution in [0.2, 0.25) is 0 Å². The van der Waals surface area contributed by atoms with Gasteiger partial charge in [0.15, 0.2) is 0 Å². The van der Waals surface area contributed by atoms with E-state index in [1.165, 1.54) is 64.2 Å². The molecule has 0 radical (unpaired) electrons. The molecule has 0 rings (SSSR count). The summed E-state index contributed by atoms with van der Waals surface area (Å²) in [6.45, 7) is 0.865. The molecule has 0 aliphatic heterocycles. The van der Waals surface area contributed by atoms with Crippen molar-refractivity contribution in [2.45, 2.75) is 64.2 Å². The van der Waals surface area contributed by atoms with Gasteiger partial charge in [0.05, 0.1) is 0 Å². The van der Waals surface area contributed by atoms with Crippen molar-refractivity contribution in [2.75, 3.05) is 12.3 Å². The number of halogens is 1. The largest absolute Gasteiger partial charge is 0.330 e. The Morgan fingerprint density at radius 2 is 0.933 bits per heavy atom. The fourth-order valence-corrected chi connectivity index (χ4v) is 1.89. The summed E-state index contributed by atoms with van der Waals surface area (Å²) < 4.78 is 0. The van der Waals surface area contributed by atoms with E-state index < -0.39 is 0 Å². The summed E-state index contributed by atoms with van der Waals surface area (Å²) in [6, 6.07) is 0. The van der Waals surface area contributed by atoms with Gasteiger partial charge in [-0.25, -0.2) is 0 Å². The van der Waals surface area contributed by atoms with Gasteiger partial charge in [-0.05, 0) is 25.1 Å². The van der Waals surface area contributed by atoms with Crippen molar-refractivity contribution in [1.82, 2.24) is 0 Å². The van der Waals surface area contributed by atoms with Gasteiger partial charge in [-0.3, -0.25) is 0 Å². The number of unbranched alkanes of at least 4 members (excludes halogenated alkanes) is 9. The van der Waals surface area contributed by atoms with E-state index in [9.17, 15) is 0 Å². The molecule has 15 heavy (non-hydrogen) atoms. The van der Waals surface area contributed by atoms with Crippen molar-refractivity contribution in [3.8, 4) is 0 Å². The van der Waals surface area contributed by atoms with Gasteiger partial charge in [0, 0.05) is 0 Å². The molecule has 3 heteroatoms. The highest BCUT2D eigenvalue weighted by molar-refractivity contribution is 7.80. The van der Waals surface area contributed by atoms with Crippen molar-refractivity contribution >= 4 is 25.0 Å². The first-order chi connectivity index (χ1) is 6.91. The molecular weight excluding hydrogens is 226 g/mol. The zero-order chi connectivity index (χ0) is 10.5. The Morgan fingerprint density at radius 3 is 1.27 bits per heavy atom. The van der Waals surface area contributed by atoms with Crippen molar-refractivity contribution < 1.29 is 0 Å². The Kier molecular flexibility index (Phi) is 20.4. The normalized spacial score (nSPS) is 10.0. The number of hydrogen-bond donors (Lipinski definition) is 2. The van der Waals surface area contributed by atoms with Crippen LogP contribution in [0.3, 0.4) is 0 Å². The lowest BCUT2D eigenvalue weighted by Crippen LogP contribution is -1.97. The lowest BCUT2D eigenvalue weighted by Gasteiger charge is -2.01. The van der Waals surface area contributed by atoms with Crippen LogP contribution in [0.1, 0.15) is 64.2 Å². The zero-order valence-corrected chi connectivity index (χ0v) is 11.6. The van der Waals surface area contributed by atoms with Gasteiger partial charge in [-0.15, -0.1) is 12.4 Å². The molecular formula is C12H28ClNS. The second kappa shape index (κ2) is 17.0. The molecule has 0 aromatic carbocycles. The topological polar surface area (TPSA) is 26.0 Å². The predicted octanol–water partition coefficient (Wildman–Crippen LogP) is 4.20. The molecule has 94 valence electrons. The van der Waals surface area contributed by atoms with Gasteiger partial charge in [0.25, 0.3) is 0 Å². The Hall–Kier alpha value is 0.600. The molecule has 0 aromatic heterocycles. The summed E-state index contributed by atoms with van der Waals surface area (Å²) in [5.74, 6) is 1.05. The highest BCUT2D eigenvalue weighted by Crippen LogP contribution is 2.10. The van der Waals surface area contributed by atoms with Crippen LogP contribution in [-0.4, -0.2) is 12.3 Å². The van der Waals surface area contributed by atoms with E-state index in [1.54, 1.807) is 0 Å². The molecule has 1 nitrogen and oxygen atoms in total. The SMILES string of the molecule is Cl.NCCCCCCCCCCCCS. The van der Waals surface area contributed by atoms with Crippen LogP contribution in [-0.2, 0) is 0 Å². The second-order valence-corrected chi connectivity index (χ2v) is 4.50. The van der Waals surface area contributed by atoms with Crippen LogP contribution in [0, 0.1) is 0 Å². The molecule has 0 atom stereocenters. The van der Waals surface area contributed by atoms with Crippen LogP contribution >= 0.6 is 25.0 Å². The first kappa shape index (κ1) is 18.0. The molecule has 0 unspecified atom stereocenters. The first-order valence-electron chi connectivity index (χ1n) is 6.22. The maximum absolute atomic E-state index is 5.43. The second-order valence-electron chi connectivity index (χ2n) is 4.05. The minimum Gasteiger partial charge on any atom is -0.330 e. The number of thiol groups is 1. The highest BCUT2D eigenvalue weighted by Gasteiger charge is 1.91. The molecule has 2 N–H and O–H groups in total. The maximum Gasteiger partial charge on any atom is -0.00773 e. The zero-order valence-electron chi connectivity index (χ0n) is 9.92. The van der Waals surface area contributed by atoms with Crippen LogP contribution in [0.4, 0.5) is 0 Å². The van der Waals surface area contributed by atoms with E-state index in [2.05, 4.69) is 12.6 Å². The number of hydrogen-bond acceptors (Lipinski definition) is 2. The van der Waals surface area contributed by atoms with Gasteiger partial charge >= 0.3 is 0 Å². The summed E-state index contributed by atoms with van der Waals surface area (Å²) in [5, 5.41) is 0. The average molecular weight is 254 g/mol. The Labute approximate surface area is 107 Å². The van der Waals surface area contributed by atoms with Crippen molar-refractivity contribution in [2.24, 2.45) is 5.73 Å². The lowest BCUT2D eigenvalue weighted by molar-refractivity contribution is 0.559. The third kappa shape index (κ3) is 17.2. The summed E-state index contributed by atoms with van der Waals surface area (Å²) in [7, 11) is 0. The molecule has 0 aliphatic rings. The predicted molar refractivity (Wildman–Crippen MR) is 76.3 cm³/mol. The highest BCUT2D eigenvalue weighted by atomic mass is 35.5. The van der Waals surface area contributed by atoms with E-state index in [0.717, 1.165) is 12.3 Å². The fourth-order valence-electron chi connectivity index (χ4n) is 1.67. The third-order valence-corrected chi connectivity index (χ3v) is 2.93. The quantitative estimate of drug-likeness (QED) is 0.419. The third-order valence-electron chi connectivity index (χ3n) is 2.61. The van der Waals surface area contributed by atoms with Crippen LogP contribution in [0.5, 0.6) is 0 Å². The Bertz CT molecular complexity index is 89.6. The van der Waals surface area contributed by atoms with Gasteiger partial charge in [0.1, 0.15) is 0 Å². The molecule has 0 saturated carbocycles. The Morgan fingerprint density at radius 1 is 0.600 bits per heavy atom. The van der Waals surface area contributed by atoms with E-state index in [1.807, 2.05) is 0 Å². The van der Waals surface area contributed by atoms with Gasteiger partial charge in [0.2, 0.25) is 0 Å². The van der Waals surface area contributed by atoms with E-state index in [-0.39, 0.29) is 12.4 Å². The number of rotatable bonds is 11. The lowest BCUT2D eigenvalue weighted by atomic mass is 10.1. The fraction of sp³-hybridized carbons (Fsp3) is 1.00. The summed E-state index contributed by atoms with van der Waals surface area (Å²) >= 11 is 4.20. The molecule has 0 fully saturated rings. The van der Waals surface area contributed by atoms with Crippen LogP contribution < -0.4 is 5.73 Å². The molecule has 0 aliphatic carbocycles. The first-order valence-corrected chi connectivity index (χ1v) is 6.86. The average Bonchev–Trinajstić information content (AvgIpc) is 2.21. The maximum atomic E-state index is 5.43.